The Balaban J connectivity index is 2.04. The molecule has 3 N–H and O–H groups in total. The van der Waals surface area contributed by atoms with Crippen LogP contribution in [0.2, 0.25) is 0 Å². The van der Waals surface area contributed by atoms with Crippen LogP contribution < -0.4 is 10.5 Å². The van der Waals surface area contributed by atoms with E-state index in [-0.39, 0.29) is 6.04 Å². The summed E-state index contributed by atoms with van der Waals surface area (Å²) in [7, 11) is -3.44. The number of hydrogen-bond donors (Lipinski definition) is 2. The van der Waals surface area contributed by atoms with Gasteiger partial charge in [0, 0.05) is 12.6 Å². The normalized spacial score (nSPS) is 18.6. The molecule has 1 atom stereocenters. The van der Waals surface area contributed by atoms with Crippen LogP contribution in [0.1, 0.15) is 37.8 Å². The van der Waals surface area contributed by atoms with Gasteiger partial charge in [-0.2, -0.15) is 11.8 Å². The van der Waals surface area contributed by atoms with Crippen molar-refractivity contribution in [3.63, 3.8) is 0 Å². The minimum absolute atomic E-state index is 0.115. The highest BCUT2D eigenvalue weighted by Gasteiger charge is 2.19. The van der Waals surface area contributed by atoms with E-state index in [4.69, 9.17) is 5.73 Å². The molecule has 21 heavy (non-hydrogen) atoms. The van der Waals surface area contributed by atoms with Gasteiger partial charge in [0.15, 0.2) is 0 Å². The molecular formula is C15H24N2O2S2. The molecule has 0 aromatic heterocycles. The van der Waals surface area contributed by atoms with Gasteiger partial charge in [-0.15, -0.1) is 0 Å². The van der Waals surface area contributed by atoms with E-state index < -0.39 is 10.0 Å². The Kier molecular flexibility index (Phi) is 6.10. The lowest BCUT2D eigenvalue weighted by molar-refractivity contribution is 0.476. The van der Waals surface area contributed by atoms with Crippen molar-refractivity contribution in [3.05, 3.63) is 29.8 Å². The Morgan fingerprint density at radius 1 is 1.38 bits per heavy atom. The fraction of sp³-hybridized carbons (Fsp3) is 0.600. The standard InChI is InChI=1S/C15H24N2O2S2/c1-2-15(16)13-4-3-5-14(10-13)21(18,19)17-11-12-6-8-20-9-7-12/h3-5,10,12,15,17H,2,6-9,11,16H2,1H3. The van der Waals surface area contributed by atoms with Crippen LogP contribution >= 0.6 is 11.8 Å². The Hall–Kier alpha value is -0.560. The summed E-state index contributed by atoms with van der Waals surface area (Å²) in [6, 6.07) is 6.84. The fourth-order valence-electron chi connectivity index (χ4n) is 2.41. The van der Waals surface area contributed by atoms with Gasteiger partial charge < -0.3 is 5.73 Å². The van der Waals surface area contributed by atoms with Crippen molar-refractivity contribution in [2.75, 3.05) is 18.1 Å². The molecule has 0 saturated carbocycles. The summed E-state index contributed by atoms with van der Waals surface area (Å²) in [5.41, 5.74) is 6.85. The lowest BCUT2D eigenvalue weighted by Gasteiger charge is -2.21. The first-order valence-corrected chi connectivity index (χ1v) is 10.1. The zero-order valence-corrected chi connectivity index (χ0v) is 14.1. The second kappa shape index (κ2) is 7.63. The first-order valence-electron chi connectivity index (χ1n) is 7.46. The van der Waals surface area contributed by atoms with Crippen molar-refractivity contribution in [2.24, 2.45) is 11.7 Å². The molecule has 6 heteroatoms. The summed E-state index contributed by atoms with van der Waals surface area (Å²) >= 11 is 1.94. The molecule has 1 aromatic carbocycles. The summed E-state index contributed by atoms with van der Waals surface area (Å²) in [4.78, 5) is 0.314. The van der Waals surface area contributed by atoms with Gasteiger partial charge in [-0.05, 0) is 54.4 Å². The first kappa shape index (κ1) is 16.8. The molecule has 1 aromatic rings. The van der Waals surface area contributed by atoms with Crippen LogP contribution in [0, 0.1) is 5.92 Å². The van der Waals surface area contributed by atoms with Crippen LogP contribution in [0.3, 0.4) is 0 Å². The van der Waals surface area contributed by atoms with Crippen LogP contribution in [0.4, 0.5) is 0 Å². The van der Waals surface area contributed by atoms with Gasteiger partial charge in [-0.25, -0.2) is 13.1 Å². The van der Waals surface area contributed by atoms with E-state index in [0.29, 0.717) is 17.4 Å². The van der Waals surface area contributed by atoms with Crippen molar-refractivity contribution in [3.8, 4) is 0 Å². The highest BCUT2D eigenvalue weighted by molar-refractivity contribution is 7.99. The maximum absolute atomic E-state index is 12.4. The molecule has 1 aliphatic heterocycles. The fourth-order valence-corrected chi connectivity index (χ4v) is 4.78. The van der Waals surface area contributed by atoms with E-state index in [1.165, 1.54) is 0 Å². The van der Waals surface area contributed by atoms with Crippen LogP contribution in [0.5, 0.6) is 0 Å². The van der Waals surface area contributed by atoms with Gasteiger partial charge in [-0.1, -0.05) is 19.1 Å². The lowest BCUT2D eigenvalue weighted by atomic mass is 10.0. The Labute approximate surface area is 131 Å². The zero-order chi connectivity index (χ0) is 15.3. The summed E-state index contributed by atoms with van der Waals surface area (Å²) < 4.78 is 27.5. The Bertz CT molecular complexity index is 555. The SMILES string of the molecule is CCC(N)c1cccc(S(=O)(=O)NCC2CCSCC2)c1. The third kappa shape index (κ3) is 4.71. The smallest absolute Gasteiger partial charge is 0.240 e. The molecule has 1 heterocycles. The number of rotatable bonds is 6. The minimum atomic E-state index is -3.44. The molecule has 1 aliphatic rings. The van der Waals surface area contributed by atoms with Crippen molar-refractivity contribution >= 4 is 21.8 Å². The molecule has 1 saturated heterocycles. The van der Waals surface area contributed by atoms with Crippen molar-refractivity contribution < 1.29 is 8.42 Å². The molecule has 1 fully saturated rings. The molecule has 0 bridgehead atoms. The van der Waals surface area contributed by atoms with Crippen LogP contribution in [-0.2, 0) is 10.0 Å². The molecule has 0 aliphatic carbocycles. The highest BCUT2D eigenvalue weighted by Crippen LogP contribution is 2.23. The van der Waals surface area contributed by atoms with Crippen molar-refractivity contribution in [1.82, 2.24) is 4.72 Å². The zero-order valence-electron chi connectivity index (χ0n) is 12.4. The maximum atomic E-state index is 12.4. The Morgan fingerprint density at radius 2 is 2.10 bits per heavy atom. The summed E-state index contributed by atoms with van der Waals surface area (Å²) in [5, 5.41) is 0. The molecule has 0 radical (unpaired) electrons. The Morgan fingerprint density at radius 3 is 2.76 bits per heavy atom. The average Bonchev–Trinajstić information content (AvgIpc) is 2.53. The van der Waals surface area contributed by atoms with Gasteiger partial charge in [-0.3, -0.25) is 0 Å². The predicted octanol–water partition coefficient (Wildman–Crippen LogP) is 2.52. The number of nitrogens with one attached hydrogen (secondary N) is 1. The van der Waals surface area contributed by atoms with Gasteiger partial charge >= 0.3 is 0 Å². The van der Waals surface area contributed by atoms with Gasteiger partial charge in [0.1, 0.15) is 0 Å². The quantitative estimate of drug-likeness (QED) is 0.841. The largest absolute Gasteiger partial charge is 0.324 e. The van der Waals surface area contributed by atoms with Gasteiger partial charge in [0.2, 0.25) is 10.0 Å². The lowest BCUT2D eigenvalue weighted by Crippen LogP contribution is -2.31. The van der Waals surface area contributed by atoms with Crippen LogP contribution in [-0.4, -0.2) is 26.5 Å². The second-order valence-corrected chi connectivity index (χ2v) is 8.49. The number of thioether (sulfide) groups is 1. The molecule has 118 valence electrons. The second-order valence-electron chi connectivity index (χ2n) is 5.49. The third-order valence-electron chi connectivity index (χ3n) is 3.94. The number of hydrogen-bond acceptors (Lipinski definition) is 4. The summed E-state index contributed by atoms with van der Waals surface area (Å²) in [6.07, 6.45) is 2.97. The minimum Gasteiger partial charge on any atom is -0.324 e. The maximum Gasteiger partial charge on any atom is 0.240 e. The van der Waals surface area contributed by atoms with E-state index >= 15 is 0 Å². The van der Waals surface area contributed by atoms with Crippen LogP contribution in [0.25, 0.3) is 0 Å². The van der Waals surface area contributed by atoms with E-state index in [1.807, 2.05) is 24.8 Å². The number of sulfonamides is 1. The van der Waals surface area contributed by atoms with Gasteiger partial charge in [0.05, 0.1) is 4.90 Å². The van der Waals surface area contributed by atoms with Crippen molar-refractivity contribution in [1.29, 1.82) is 0 Å². The van der Waals surface area contributed by atoms with E-state index in [0.717, 1.165) is 36.3 Å². The predicted molar refractivity (Wildman–Crippen MR) is 88.9 cm³/mol. The van der Waals surface area contributed by atoms with Gasteiger partial charge in [0.25, 0.3) is 0 Å². The average molecular weight is 329 g/mol. The van der Waals surface area contributed by atoms with Crippen LogP contribution in [0.15, 0.2) is 29.2 Å². The van der Waals surface area contributed by atoms with E-state index in [1.54, 1.807) is 18.2 Å². The topological polar surface area (TPSA) is 72.2 Å². The monoisotopic (exact) mass is 328 g/mol. The third-order valence-corrected chi connectivity index (χ3v) is 6.41. The molecule has 2 rings (SSSR count). The first-order chi connectivity index (χ1) is 10.0. The molecule has 0 spiro atoms. The number of nitrogens with two attached hydrogens (primary N) is 1. The molecule has 0 amide bonds. The van der Waals surface area contributed by atoms with E-state index in [2.05, 4.69) is 4.72 Å². The molecule has 1 unspecified atom stereocenters. The molecular weight excluding hydrogens is 304 g/mol. The van der Waals surface area contributed by atoms with Crippen molar-refractivity contribution in [2.45, 2.75) is 37.1 Å². The number of benzene rings is 1. The summed E-state index contributed by atoms with van der Waals surface area (Å²) in [5.74, 6) is 2.72. The van der Waals surface area contributed by atoms with E-state index in [9.17, 15) is 8.42 Å². The highest BCUT2D eigenvalue weighted by atomic mass is 32.2. The summed E-state index contributed by atoms with van der Waals surface area (Å²) in [6.45, 7) is 2.53. The molecule has 4 nitrogen and oxygen atoms in total.